The zero-order valence-electron chi connectivity index (χ0n) is 39.5. The molecule has 3 unspecified atom stereocenters. The van der Waals surface area contributed by atoms with Gasteiger partial charge in [0.15, 0.2) is 0 Å². The molecular formula is C55H93NO5. The van der Waals surface area contributed by atoms with E-state index < -0.39 is 18.2 Å². The molecule has 0 aliphatic rings. The number of unbranched alkanes of at least 4 members (excludes halogenated alkanes) is 19. The predicted molar refractivity (Wildman–Crippen MR) is 264 cm³/mol. The van der Waals surface area contributed by atoms with Crippen molar-refractivity contribution in [2.45, 2.75) is 232 Å². The minimum absolute atomic E-state index is 0.0352. The Labute approximate surface area is 376 Å². The summed E-state index contributed by atoms with van der Waals surface area (Å²) >= 11 is 0. The van der Waals surface area contributed by atoms with Crippen LogP contribution in [-0.4, -0.2) is 46.9 Å². The molecular weight excluding hydrogens is 755 g/mol. The second-order valence-electron chi connectivity index (χ2n) is 16.6. The molecule has 0 aliphatic carbocycles. The highest BCUT2D eigenvalue weighted by Gasteiger charge is 2.24. The van der Waals surface area contributed by atoms with Crippen LogP contribution in [0.2, 0.25) is 0 Å². The zero-order chi connectivity index (χ0) is 44.5. The van der Waals surface area contributed by atoms with E-state index >= 15 is 0 Å². The second-order valence-corrected chi connectivity index (χ2v) is 16.6. The molecule has 0 aromatic heterocycles. The van der Waals surface area contributed by atoms with Crippen molar-refractivity contribution in [2.75, 3.05) is 6.61 Å². The number of rotatable bonds is 43. The third-order valence-corrected chi connectivity index (χ3v) is 10.8. The maximum atomic E-state index is 13.2. The van der Waals surface area contributed by atoms with E-state index in [-0.39, 0.29) is 24.9 Å². The van der Waals surface area contributed by atoms with Crippen molar-refractivity contribution in [3.05, 3.63) is 97.2 Å². The van der Waals surface area contributed by atoms with Crippen LogP contribution in [0.1, 0.15) is 213 Å². The van der Waals surface area contributed by atoms with E-state index in [0.29, 0.717) is 19.3 Å². The number of carbonyl (C=O) groups excluding carboxylic acids is 2. The molecule has 6 nitrogen and oxygen atoms in total. The lowest BCUT2D eigenvalue weighted by molar-refractivity contribution is -0.151. The highest BCUT2D eigenvalue weighted by Crippen LogP contribution is 2.17. The molecule has 0 spiro atoms. The summed E-state index contributed by atoms with van der Waals surface area (Å²) in [5.41, 5.74) is 0. The van der Waals surface area contributed by atoms with E-state index in [4.69, 9.17) is 4.74 Å². The average Bonchev–Trinajstić information content (AvgIpc) is 3.25. The Morgan fingerprint density at radius 3 is 1.57 bits per heavy atom. The minimum Gasteiger partial charge on any atom is -0.462 e. The van der Waals surface area contributed by atoms with Crippen molar-refractivity contribution in [3.8, 4) is 0 Å². The largest absolute Gasteiger partial charge is 0.462 e. The second kappa shape index (κ2) is 47.8. The van der Waals surface area contributed by atoms with Gasteiger partial charge < -0.3 is 20.3 Å². The first kappa shape index (κ1) is 57.8. The van der Waals surface area contributed by atoms with Gasteiger partial charge in [-0.3, -0.25) is 9.59 Å². The number of amides is 1. The van der Waals surface area contributed by atoms with E-state index in [0.717, 1.165) is 103 Å². The fourth-order valence-electron chi connectivity index (χ4n) is 7.00. The van der Waals surface area contributed by atoms with Crippen LogP contribution in [0.3, 0.4) is 0 Å². The van der Waals surface area contributed by atoms with Gasteiger partial charge in [-0.15, -0.1) is 0 Å². The lowest BCUT2D eigenvalue weighted by Gasteiger charge is -2.24. The summed E-state index contributed by atoms with van der Waals surface area (Å²) in [4.78, 5) is 26.1. The SMILES string of the molecule is CC/C=C/C/C=C/C/C=C/CCCCC(CC(=O)NC(CO)C(O)CCCCCCCCCCCCCC)OC(=O)CCCCCCC/C=C/C=C/C=C/C=C/C=C/CCC. The Hall–Kier alpha value is -3.22. The number of aliphatic hydroxyl groups is 2. The first-order valence-corrected chi connectivity index (χ1v) is 25.0. The molecule has 0 saturated carbocycles. The van der Waals surface area contributed by atoms with E-state index in [1.165, 1.54) is 64.2 Å². The summed E-state index contributed by atoms with van der Waals surface area (Å²) < 4.78 is 5.89. The molecule has 0 radical (unpaired) electrons. The molecule has 1 amide bonds. The highest BCUT2D eigenvalue weighted by molar-refractivity contribution is 5.77. The summed E-state index contributed by atoms with van der Waals surface area (Å²) in [5, 5.41) is 23.7. The van der Waals surface area contributed by atoms with Gasteiger partial charge in [-0.25, -0.2) is 0 Å². The number of esters is 1. The summed E-state index contributed by atoms with van der Waals surface area (Å²) in [6, 6.07) is -0.724. The Morgan fingerprint density at radius 1 is 0.508 bits per heavy atom. The number of ether oxygens (including phenoxy) is 1. The van der Waals surface area contributed by atoms with Crippen LogP contribution in [0.15, 0.2) is 97.2 Å². The van der Waals surface area contributed by atoms with Crippen LogP contribution in [0.5, 0.6) is 0 Å². The lowest BCUT2D eigenvalue weighted by Crippen LogP contribution is -2.46. The van der Waals surface area contributed by atoms with Crippen molar-refractivity contribution in [2.24, 2.45) is 0 Å². The molecule has 0 heterocycles. The van der Waals surface area contributed by atoms with Gasteiger partial charge in [0.1, 0.15) is 6.10 Å². The van der Waals surface area contributed by atoms with Gasteiger partial charge in [0.2, 0.25) is 5.91 Å². The van der Waals surface area contributed by atoms with Gasteiger partial charge in [0, 0.05) is 6.42 Å². The first-order chi connectivity index (χ1) is 30.0. The molecule has 61 heavy (non-hydrogen) atoms. The van der Waals surface area contributed by atoms with Crippen molar-refractivity contribution in [1.82, 2.24) is 5.32 Å². The molecule has 0 rings (SSSR count). The van der Waals surface area contributed by atoms with Crippen LogP contribution < -0.4 is 5.32 Å². The van der Waals surface area contributed by atoms with Crippen LogP contribution in [-0.2, 0) is 14.3 Å². The van der Waals surface area contributed by atoms with Crippen LogP contribution in [0.4, 0.5) is 0 Å². The van der Waals surface area contributed by atoms with Crippen LogP contribution >= 0.6 is 0 Å². The minimum atomic E-state index is -0.807. The van der Waals surface area contributed by atoms with Gasteiger partial charge in [0.05, 0.1) is 25.2 Å². The van der Waals surface area contributed by atoms with Gasteiger partial charge in [-0.05, 0) is 77.0 Å². The summed E-state index contributed by atoms with van der Waals surface area (Å²) in [5.74, 6) is -0.550. The number of hydrogen-bond acceptors (Lipinski definition) is 5. The maximum Gasteiger partial charge on any atom is 0.306 e. The normalized spacial score (nSPS) is 14.1. The molecule has 0 bridgehead atoms. The van der Waals surface area contributed by atoms with Crippen molar-refractivity contribution in [3.63, 3.8) is 0 Å². The fraction of sp³-hybridized carbons (Fsp3) is 0.673. The van der Waals surface area contributed by atoms with E-state index in [1.807, 2.05) is 24.3 Å². The zero-order valence-corrected chi connectivity index (χ0v) is 39.5. The third kappa shape index (κ3) is 43.2. The number of aliphatic hydroxyl groups excluding tert-OH is 2. The molecule has 3 N–H and O–H groups in total. The van der Waals surface area contributed by atoms with Gasteiger partial charge in [-0.2, -0.15) is 0 Å². The van der Waals surface area contributed by atoms with Crippen LogP contribution in [0, 0.1) is 0 Å². The van der Waals surface area contributed by atoms with Gasteiger partial charge in [0.25, 0.3) is 0 Å². The van der Waals surface area contributed by atoms with Crippen LogP contribution in [0.25, 0.3) is 0 Å². The monoisotopic (exact) mass is 848 g/mol. The Bertz CT molecular complexity index is 1220. The van der Waals surface area contributed by atoms with E-state index in [1.54, 1.807) is 0 Å². The quantitative estimate of drug-likeness (QED) is 0.0246. The average molecular weight is 848 g/mol. The molecule has 6 heteroatoms. The Kier molecular flexibility index (Phi) is 45.3. The van der Waals surface area contributed by atoms with Gasteiger partial charge >= 0.3 is 5.97 Å². The summed E-state index contributed by atoms with van der Waals surface area (Å²) in [6.07, 6.45) is 63.2. The smallest absolute Gasteiger partial charge is 0.306 e. The topological polar surface area (TPSA) is 95.9 Å². The van der Waals surface area contributed by atoms with E-state index in [2.05, 4.69) is 99.0 Å². The number of nitrogens with one attached hydrogen (secondary N) is 1. The molecule has 0 aromatic carbocycles. The van der Waals surface area contributed by atoms with Crippen molar-refractivity contribution in [1.29, 1.82) is 0 Å². The number of allylic oxidation sites excluding steroid dienone is 16. The van der Waals surface area contributed by atoms with Crippen molar-refractivity contribution >= 4 is 11.9 Å². The Morgan fingerprint density at radius 2 is 0.984 bits per heavy atom. The molecule has 0 saturated heterocycles. The highest BCUT2D eigenvalue weighted by atomic mass is 16.5. The molecule has 3 atom stereocenters. The molecule has 0 aromatic rings. The standard InChI is InChI=1S/C55H93NO5/c1-4-7-10-13-16-19-22-25-26-27-28-29-30-33-36-39-42-45-48-55(60)61-51(46-43-40-37-34-31-23-20-17-14-11-8-5-2)49-54(59)56-52(50-57)53(58)47-44-41-38-35-32-24-21-18-15-12-9-6-3/h8,10-11,13,16-17,19-20,22,25-29,31,34,51-53,57-58H,4-7,9,12,14-15,18,21,23-24,30,32-33,35-50H2,1-3H3,(H,56,59)/b11-8+,13-10+,19-16+,20-17+,25-22+,27-26+,29-28+,34-31+. The molecule has 0 aliphatic heterocycles. The fourth-order valence-corrected chi connectivity index (χ4v) is 7.00. The lowest BCUT2D eigenvalue weighted by atomic mass is 10.0. The van der Waals surface area contributed by atoms with E-state index in [9.17, 15) is 19.8 Å². The molecule has 348 valence electrons. The number of carbonyl (C=O) groups is 2. The Balaban J connectivity index is 4.68. The first-order valence-electron chi connectivity index (χ1n) is 25.0. The van der Waals surface area contributed by atoms with Crippen molar-refractivity contribution < 1.29 is 24.5 Å². The molecule has 0 fully saturated rings. The third-order valence-electron chi connectivity index (χ3n) is 10.8. The van der Waals surface area contributed by atoms with Gasteiger partial charge in [-0.1, -0.05) is 221 Å². The number of hydrogen-bond donors (Lipinski definition) is 3. The maximum absolute atomic E-state index is 13.2. The summed E-state index contributed by atoms with van der Waals surface area (Å²) in [7, 11) is 0. The summed E-state index contributed by atoms with van der Waals surface area (Å²) in [6.45, 7) is 6.25. The predicted octanol–water partition coefficient (Wildman–Crippen LogP) is 14.9.